The molecule has 1 aromatic heterocycles. The van der Waals surface area contributed by atoms with Crippen molar-refractivity contribution in [2.45, 2.75) is 77.3 Å². The minimum Gasteiger partial charge on any atom is -0.494 e. The van der Waals surface area contributed by atoms with Gasteiger partial charge in [0.2, 0.25) is 5.82 Å². The molecule has 0 saturated heterocycles. The molecule has 208 valence electrons. The predicted octanol–water partition coefficient (Wildman–Crippen LogP) is 7.52. The molecule has 1 unspecified atom stereocenters. The van der Waals surface area contributed by atoms with Crippen LogP contribution in [0.4, 0.5) is 19.0 Å². The van der Waals surface area contributed by atoms with Crippen molar-refractivity contribution in [2.75, 3.05) is 12.0 Å². The molecule has 0 aliphatic carbocycles. The Morgan fingerprint density at radius 3 is 2.08 bits per heavy atom. The Hall–Kier alpha value is -2.92. The molecule has 0 aliphatic heterocycles. The Bertz CT molecular complexity index is 1150. The smallest absolute Gasteiger partial charge is 0.451 e. The van der Waals surface area contributed by atoms with Crippen LogP contribution in [0.1, 0.15) is 77.0 Å². The largest absolute Gasteiger partial charge is 0.494 e. The fraction of sp³-hybridized carbons (Fsp3) is 0.481. The number of nitrogens with zero attached hydrogens (tertiary/aromatic N) is 2. The van der Waals surface area contributed by atoms with Gasteiger partial charge in [-0.05, 0) is 42.8 Å². The summed E-state index contributed by atoms with van der Waals surface area (Å²) in [6, 6.07) is 12.8. The van der Waals surface area contributed by atoms with E-state index >= 15 is 0 Å². The van der Waals surface area contributed by atoms with E-state index in [4.69, 9.17) is 8.92 Å². The molecule has 7 nitrogen and oxygen atoms in total. The zero-order chi connectivity index (χ0) is 27.2. The third-order valence-electron chi connectivity index (χ3n) is 5.87. The molecule has 3 rings (SSSR count). The standard InChI is InChI=1S/C27H35F3N4O3S/c1-2-3-4-5-6-7-8-9-10-13-20-36-21-16-18-22(19-17-21)37-38(35)34-33-25-23-14-11-12-15-24(23)31-26(32-25)27(28,29)30/h11-12,14-19,34H,2-10,13,20H2,1H3,(H,31,32,33). The molecule has 0 aliphatic rings. The van der Waals surface area contributed by atoms with Crippen LogP contribution in [-0.4, -0.2) is 20.8 Å². The average Bonchev–Trinajstić information content (AvgIpc) is 2.90. The van der Waals surface area contributed by atoms with Gasteiger partial charge in [-0.25, -0.2) is 9.97 Å². The summed E-state index contributed by atoms with van der Waals surface area (Å²) in [5.74, 6) is -0.499. The molecule has 2 N–H and O–H groups in total. The van der Waals surface area contributed by atoms with Crippen molar-refractivity contribution >= 4 is 28.0 Å². The number of hydrogen-bond donors (Lipinski definition) is 2. The van der Waals surface area contributed by atoms with Gasteiger partial charge in [0.15, 0.2) is 5.82 Å². The summed E-state index contributed by atoms with van der Waals surface area (Å²) in [4.78, 5) is 9.38. The highest BCUT2D eigenvalue weighted by atomic mass is 32.2. The molecule has 0 spiro atoms. The van der Waals surface area contributed by atoms with Gasteiger partial charge in [0.05, 0.1) is 12.1 Å². The van der Waals surface area contributed by atoms with Gasteiger partial charge in [0.1, 0.15) is 11.5 Å². The molecule has 0 saturated carbocycles. The van der Waals surface area contributed by atoms with Gasteiger partial charge in [-0.15, -0.1) is 4.83 Å². The monoisotopic (exact) mass is 552 g/mol. The number of aromatic nitrogens is 2. The number of fused-ring (bicyclic) bond motifs is 1. The molecule has 1 atom stereocenters. The van der Waals surface area contributed by atoms with Crippen LogP contribution in [0.15, 0.2) is 48.5 Å². The Balaban J connectivity index is 1.37. The van der Waals surface area contributed by atoms with Crippen LogP contribution in [0, 0.1) is 0 Å². The van der Waals surface area contributed by atoms with Crippen molar-refractivity contribution in [3.63, 3.8) is 0 Å². The van der Waals surface area contributed by atoms with Crippen LogP contribution in [0.5, 0.6) is 11.5 Å². The molecule has 2 aromatic carbocycles. The van der Waals surface area contributed by atoms with Gasteiger partial charge >= 0.3 is 17.4 Å². The second-order valence-electron chi connectivity index (χ2n) is 8.96. The molecule has 0 radical (unpaired) electrons. The van der Waals surface area contributed by atoms with Gasteiger partial charge in [0.25, 0.3) is 0 Å². The van der Waals surface area contributed by atoms with E-state index in [9.17, 15) is 17.4 Å². The van der Waals surface area contributed by atoms with E-state index in [1.165, 1.54) is 57.4 Å². The lowest BCUT2D eigenvalue weighted by molar-refractivity contribution is -0.144. The third kappa shape index (κ3) is 10.1. The maximum absolute atomic E-state index is 13.2. The first-order valence-corrected chi connectivity index (χ1v) is 14.1. The van der Waals surface area contributed by atoms with Crippen molar-refractivity contribution in [1.29, 1.82) is 0 Å². The zero-order valence-electron chi connectivity index (χ0n) is 21.6. The summed E-state index contributed by atoms with van der Waals surface area (Å²) < 4.78 is 62.8. The first kappa shape index (κ1) is 29.6. The second-order valence-corrected chi connectivity index (χ2v) is 9.80. The Kier molecular flexibility index (Phi) is 12.1. The number of ether oxygens (including phenoxy) is 1. The Labute approximate surface area is 224 Å². The SMILES string of the molecule is CCCCCCCCCCCCOc1ccc(OS(=O)NNc2nc(C(F)(F)F)nc3ccccc23)cc1. The lowest BCUT2D eigenvalue weighted by Gasteiger charge is -2.13. The van der Waals surface area contributed by atoms with E-state index in [-0.39, 0.29) is 11.3 Å². The third-order valence-corrected chi connectivity index (χ3v) is 6.48. The van der Waals surface area contributed by atoms with Gasteiger partial charge in [-0.3, -0.25) is 5.43 Å². The maximum Gasteiger partial charge on any atom is 0.451 e. The molecule has 0 amide bonds. The van der Waals surface area contributed by atoms with Crippen molar-refractivity contribution < 1.29 is 26.3 Å². The highest BCUT2D eigenvalue weighted by Crippen LogP contribution is 2.30. The Morgan fingerprint density at radius 2 is 1.42 bits per heavy atom. The number of unbranched alkanes of at least 4 members (excludes halogenated alkanes) is 9. The maximum atomic E-state index is 13.2. The topological polar surface area (TPSA) is 85.4 Å². The van der Waals surface area contributed by atoms with Gasteiger partial charge in [0, 0.05) is 5.39 Å². The van der Waals surface area contributed by atoms with Crippen LogP contribution in [0.3, 0.4) is 0 Å². The summed E-state index contributed by atoms with van der Waals surface area (Å²) in [7, 11) is 0. The number of halogens is 3. The first-order valence-electron chi connectivity index (χ1n) is 13.1. The van der Waals surface area contributed by atoms with Gasteiger partial charge in [-0.2, -0.15) is 17.4 Å². The molecule has 11 heteroatoms. The fourth-order valence-electron chi connectivity index (χ4n) is 3.87. The number of nitrogens with one attached hydrogen (secondary N) is 2. The van der Waals surface area contributed by atoms with E-state index in [2.05, 4.69) is 27.1 Å². The minimum absolute atomic E-state index is 0.0965. The van der Waals surface area contributed by atoms with E-state index in [1.807, 2.05) is 0 Å². The molecule has 0 bridgehead atoms. The first-order chi connectivity index (χ1) is 18.4. The van der Waals surface area contributed by atoms with Gasteiger partial charge < -0.3 is 8.92 Å². The van der Waals surface area contributed by atoms with Crippen LogP contribution in [0.2, 0.25) is 0 Å². The summed E-state index contributed by atoms with van der Waals surface area (Å²) >= 11 is -2.11. The summed E-state index contributed by atoms with van der Waals surface area (Å²) in [6.07, 6.45) is 7.85. The second kappa shape index (κ2) is 15.5. The average molecular weight is 553 g/mol. The molecule has 3 aromatic rings. The number of hydrogen-bond acceptors (Lipinski definition) is 6. The zero-order valence-corrected chi connectivity index (χ0v) is 22.4. The van der Waals surface area contributed by atoms with E-state index in [0.717, 1.165) is 12.8 Å². The summed E-state index contributed by atoms with van der Waals surface area (Å²) in [5.41, 5.74) is 2.54. The number of hydrazine groups is 1. The molecule has 0 fully saturated rings. The fourth-order valence-corrected chi connectivity index (χ4v) is 4.38. The normalized spacial score (nSPS) is 12.4. The Morgan fingerprint density at radius 1 is 0.816 bits per heavy atom. The molecule has 38 heavy (non-hydrogen) atoms. The lowest BCUT2D eigenvalue weighted by Crippen LogP contribution is -2.28. The van der Waals surface area contributed by atoms with Crippen molar-refractivity contribution in [2.24, 2.45) is 0 Å². The molecule has 1 heterocycles. The summed E-state index contributed by atoms with van der Waals surface area (Å²) in [5, 5.41) is 0.328. The number of anilines is 1. The summed E-state index contributed by atoms with van der Waals surface area (Å²) in [6.45, 7) is 2.86. The van der Waals surface area contributed by atoms with Crippen LogP contribution < -0.4 is 19.2 Å². The molecular weight excluding hydrogens is 517 g/mol. The van der Waals surface area contributed by atoms with E-state index in [0.29, 0.717) is 23.5 Å². The number of rotatable bonds is 17. The minimum atomic E-state index is -4.73. The van der Waals surface area contributed by atoms with Crippen molar-refractivity contribution in [3.05, 3.63) is 54.4 Å². The van der Waals surface area contributed by atoms with Crippen LogP contribution in [0.25, 0.3) is 10.9 Å². The quantitative estimate of drug-likeness (QED) is 0.133. The predicted molar refractivity (Wildman–Crippen MR) is 144 cm³/mol. The van der Waals surface area contributed by atoms with Crippen LogP contribution in [-0.2, 0) is 17.4 Å². The van der Waals surface area contributed by atoms with Crippen molar-refractivity contribution in [3.8, 4) is 11.5 Å². The number of para-hydroxylation sites is 1. The number of alkyl halides is 3. The van der Waals surface area contributed by atoms with Crippen molar-refractivity contribution in [1.82, 2.24) is 14.8 Å². The van der Waals surface area contributed by atoms with Crippen LogP contribution >= 0.6 is 0 Å². The lowest BCUT2D eigenvalue weighted by atomic mass is 10.1. The number of benzene rings is 2. The molecular formula is C27H35F3N4O3S. The van der Waals surface area contributed by atoms with Gasteiger partial charge in [-0.1, -0.05) is 76.8 Å². The van der Waals surface area contributed by atoms with E-state index in [1.54, 1.807) is 42.5 Å². The highest BCUT2D eigenvalue weighted by molar-refractivity contribution is 7.78. The highest BCUT2D eigenvalue weighted by Gasteiger charge is 2.35. The van der Waals surface area contributed by atoms with E-state index < -0.39 is 23.3 Å².